The van der Waals surface area contributed by atoms with E-state index >= 15 is 0 Å². The van der Waals surface area contributed by atoms with Crippen LogP contribution in [0.5, 0.6) is 5.75 Å². The summed E-state index contributed by atoms with van der Waals surface area (Å²) in [7, 11) is -2.18. The molecule has 0 fully saturated rings. The van der Waals surface area contributed by atoms with Crippen molar-refractivity contribution in [1.82, 2.24) is 0 Å². The maximum absolute atomic E-state index is 12.7. The minimum Gasteiger partial charge on any atom is -0.465 e. The lowest BCUT2D eigenvalue weighted by Gasteiger charge is -2.15. The first-order valence-corrected chi connectivity index (χ1v) is 9.47. The molecule has 0 amide bonds. The molecule has 0 bridgehead atoms. The lowest BCUT2D eigenvalue weighted by molar-refractivity contribution is -0.0522. The lowest BCUT2D eigenvalue weighted by Crippen LogP contribution is -2.17. The Kier molecular flexibility index (Phi) is 6.75. The van der Waals surface area contributed by atoms with Gasteiger partial charge in [-0.25, -0.2) is 18.0 Å². The number of hydrogen-bond donors (Lipinski definition) is 1. The minimum atomic E-state index is -4.38. The van der Waals surface area contributed by atoms with Gasteiger partial charge in [-0.3, -0.25) is 4.72 Å². The van der Waals surface area contributed by atoms with Gasteiger partial charge in [-0.15, -0.1) is 0 Å². The smallest absolute Gasteiger partial charge is 0.387 e. The molecule has 11 heteroatoms. The van der Waals surface area contributed by atoms with E-state index in [0.29, 0.717) is 0 Å². The molecule has 0 aromatic heterocycles. The van der Waals surface area contributed by atoms with Crippen LogP contribution in [-0.4, -0.2) is 41.2 Å². The molecular formula is C18H17F2NO7S. The first-order chi connectivity index (χ1) is 13.6. The molecule has 0 unspecified atom stereocenters. The van der Waals surface area contributed by atoms with Gasteiger partial charge in [0.2, 0.25) is 0 Å². The van der Waals surface area contributed by atoms with Gasteiger partial charge < -0.3 is 14.2 Å². The summed E-state index contributed by atoms with van der Waals surface area (Å²) in [5.74, 6) is -2.23. The Bertz CT molecular complexity index is 1040. The second-order valence-electron chi connectivity index (χ2n) is 5.63. The van der Waals surface area contributed by atoms with Crippen molar-refractivity contribution in [3.63, 3.8) is 0 Å². The summed E-state index contributed by atoms with van der Waals surface area (Å²) in [6, 6.07) is 7.32. The fourth-order valence-corrected chi connectivity index (χ4v) is 3.72. The zero-order valence-electron chi connectivity index (χ0n) is 15.6. The number of alkyl halides is 2. The van der Waals surface area contributed by atoms with Crippen LogP contribution >= 0.6 is 0 Å². The van der Waals surface area contributed by atoms with Crippen LogP contribution in [0.4, 0.5) is 14.5 Å². The Balaban J connectivity index is 2.50. The molecule has 2 aromatic carbocycles. The van der Waals surface area contributed by atoms with Crippen molar-refractivity contribution in [2.75, 3.05) is 18.9 Å². The number of esters is 2. The number of nitrogens with one attached hydrogen (secondary N) is 1. The molecule has 2 rings (SSSR count). The fraction of sp³-hybridized carbons (Fsp3) is 0.222. The van der Waals surface area contributed by atoms with Gasteiger partial charge in [-0.2, -0.15) is 8.78 Å². The van der Waals surface area contributed by atoms with Crippen molar-refractivity contribution in [2.45, 2.75) is 18.4 Å². The number of sulfonamides is 1. The summed E-state index contributed by atoms with van der Waals surface area (Å²) in [5.41, 5.74) is -0.306. The monoisotopic (exact) mass is 429 g/mol. The molecule has 0 atom stereocenters. The Labute approximate surface area is 165 Å². The van der Waals surface area contributed by atoms with Crippen LogP contribution in [0.1, 0.15) is 26.3 Å². The van der Waals surface area contributed by atoms with Crippen LogP contribution in [0.3, 0.4) is 0 Å². The molecule has 156 valence electrons. The molecule has 29 heavy (non-hydrogen) atoms. The predicted molar refractivity (Wildman–Crippen MR) is 97.7 cm³/mol. The topological polar surface area (TPSA) is 108 Å². The predicted octanol–water partition coefficient (Wildman–Crippen LogP) is 2.97. The van der Waals surface area contributed by atoms with Gasteiger partial charge in [-0.1, -0.05) is 12.1 Å². The SMILES string of the molecule is COC(=O)c1ccc(NS(=O)(=O)c2cccc(C)c2OC(F)F)cc1C(=O)OC. The highest BCUT2D eigenvalue weighted by Gasteiger charge is 2.25. The summed E-state index contributed by atoms with van der Waals surface area (Å²) in [6.45, 7) is -1.81. The number of carbonyl (C=O) groups is 2. The molecule has 0 spiro atoms. The zero-order chi connectivity index (χ0) is 21.8. The molecular weight excluding hydrogens is 412 g/mol. The van der Waals surface area contributed by atoms with Crippen LogP contribution in [0, 0.1) is 6.92 Å². The van der Waals surface area contributed by atoms with Crippen LogP contribution in [0.25, 0.3) is 0 Å². The van der Waals surface area contributed by atoms with Crippen molar-refractivity contribution in [2.24, 2.45) is 0 Å². The van der Waals surface area contributed by atoms with Gasteiger partial charge in [0.1, 0.15) is 10.6 Å². The number of halogens is 2. The average molecular weight is 429 g/mol. The third kappa shape index (κ3) is 4.99. The van der Waals surface area contributed by atoms with E-state index in [-0.39, 0.29) is 22.4 Å². The number of para-hydroxylation sites is 1. The first kappa shape index (κ1) is 22.1. The van der Waals surface area contributed by atoms with E-state index in [1.807, 2.05) is 0 Å². The highest BCUT2D eigenvalue weighted by atomic mass is 32.2. The van der Waals surface area contributed by atoms with E-state index in [1.165, 1.54) is 31.2 Å². The maximum Gasteiger partial charge on any atom is 0.387 e. The fourth-order valence-electron chi connectivity index (χ4n) is 2.46. The van der Waals surface area contributed by atoms with E-state index in [4.69, 9.17) is 0 Å². The highest BCUT2D eigenvalue weighted by molar-refractivity contribution is 7.92. The number of hydrogen-bond acceptors (Lipinski definition) is 7. The summed E-state index contributed by atoms with van der Waals surface area (Å²) in [5, 5.41) is 0. The average Bonchev–Trinajstić information content (AvgIpc) is 2.67. The third-order valence-corrected chi connectivity index (χ3v) is 5.16. The van der Waals surface area contributed by atoms with Crippen LogP contribution in [-0.2, 0) is 19.5 Å². The van der Waals surface area contributed by atoms with Crippen molar-refractivity contribution in [3.05, 3.63) is 53.1 Å². The van der Waals surface area contributed by atoms with Gasteiger partial charge in [-0.05, 0) is 36.8 Å². The molecule has 8 nitrogen and oxygen atoms in total. The van der Waals surface area contributed by atoms with Crippen molar-refractivity contribution < 1.29 is 41.0 Å². The third-order valence-electron chi connectivity index (χ3n) is 3.75. The van der Waals surface area contributed by atoms with Crippen LogP contribution in [0.2, 0.25) is 0 Å². The van der Waals surface area contributed by atoms with Crippen molar-refractivity contribution in [1.29, 1.82) is 0 Å². The van der Waals surface area contributed by atoms with E-state index < -0.39 is 39.2 Å². The Morgan fingerprint density at radius 3 is 2.21 bits per heavy atom. The molecule has 0 saturated carbocycles. The molecule has 0 aliphatic carbocycles. The van der Waals surface area contributed by atoms with Crippen molar-refractivity contribution in [3.8, 4) is 5.75 Å². The molecule has 1 N–H and O–H groups in total. The quantitative estimate of drug-likeness (QED) is 0.674. The van der Waals surface area contributed by atoms with E-state index in [2.05, 4.69) is 18.9 Å². The lowest BCUT2D eigenvalue weighted by atomic mass is 10.1. The number of anilines is 1. The maximum atomic E-state index is 12.7. The molecule has 0 aliphatic rings. The van der Waals surface area contributed by atoms with Gasteiger partial charge in [0.05, 0.1) is 25.3 Å². The second-order valence-corrected chi connectivity index (χ2v) is 7.28. The molecule has 0 radical (unpaired) electrons. The van der Waals surface area contributed by atoms with E-state index in [0.717, 1.165) is 26.4 Å². The molecule has 0 saturated heterocycles. The molecule has 0 heterocycles. The number of ether oxygens (including phenoxy) is 3. The number of methoxy groups -OCH3 is 2. The van der Waals surface area contributed by atoms with Crippen LogP contribution in [0.15, 0.2) is 41.3 Å². The van der Waals surface area contributed by atoms with Crippen molar-refractivity contribution >= 4 is 27.6 Å². The van der Waals surface area contributed by atoms with Crippen LogP contribution < -0.4 is 9.46 Å². The van der Waals surface area contributed by atoms with Gasteiger partial charge in [0.15, 0.2) is 0 Å². The molecule has 2 aromatic rings. The van der Waals surface area contributed by atoms with E-state index in [1.54, 1.807) is 0 Å². The van der Waals surface area contributed by atoms with E-state index in [9.17, 15) is 26.8 Å². The summed E-state index contributed by atoms with van der Waals surface area (Å²) >= 11 is 0. The Morgan fingerprint density at radius 1 is 1.00 bits per heavy atom. The number of carbonyl (C=O) groups excluding carboxylic acids is 2. The van der Waals surface area contributed by atoms with Gasteiger partial charge >= 0.3 is 18.6 Å². The first-order valence-electron chi connectivity index (χ1n) is 7.98. The summed E-state index contributed by atoms with van der Waals surface area (Å²) in [6.07, 6.45) is 0. The highest BCUT2D eigenvalue weighted by Crippen LogP contribution is 2.31. The number of benzene rings is 2. The minimum absolute atomic E-state index is 0.109. The Hall–Kier alpha value is -3.21. The largest absolute Gasteiger partial charge is 0.465 e. The number of rotatable bonds is 7. The second kappa shape index (κ2) is 8.86. The zero-order valence-corrected chi connectivity index (χ0v) is 16.4. The number of aryl methyl sites for hydroxylation is 1. The van der Waals surface area contributed by atoms with Gasteiger partial charge in [0, 0.05) is 5.69 Å². The normalized spacial score (nSPS) is 11.1. The Morgan fingerprint density at radius 2 is 1.62 bits per heavy atom. The standard InChI is InChI=1S/C18H17F2NO7S/c1-10-5-4-6-14(15(10)28-18(19)20)29(24,25)21-11-7-8-12(16(22)26-2)13(9-11)17(23)27-3/h4-9,18,21H,1-3H3. The summed E-state index contributed by atoms with van der Waals surface area (Å²) < 4.78 is 66.6. The van der Waals surface area contributed by atoms with Gasteiger partial charge in [0.25, 0.3) is 10.0 Å². The summed E-state index contributed by atoms with van der Waals surface area (Å²) in [4.78, 5) is 23.2. The molecule has 0 aliphatic heterocycles.